The maximum absolute atomic E-state index is 5.66. The van der Waals surface area contributed by atoms with Crippen LogP contribution in [0.4, 0.5) is 0 Å². The summed E-state index contributed by atoms with van der Waals surface area (Å²) in [5.41, 5.74) is 7.96. The third-order valence-corrected chi connectivity index (χ3v) is 3.06. The van der Waals surface area contributed by atoms with E-state index in [2.05, 4.69) is 34.9 Å². The fraction of sp³-hybridized carbons (Fsp3) is 0.333. The maximum atomic E-state index is 5.66. The van der Waals surface area contributed by atoms with Crippen LogP contribution < -0.4 is 15.8 Å². The highest BCUT2D eigenvalue weighted by Gasteiger charge is 2.21. The normalized spacial score (nSPS) is 18.5. The first-order valence-corrected chi connectivity index (χ1v) is 6.62. The molecule has 0 spiro atoms. The fourth-order valence-corrected chi connectivity index (χ4v) is 2.20. The Balaban J connectivity index is 2.14. The number of fused-ring (bicyclic) bond motifs is 1. The molecule has 2 rings (SSSR count). The van der Waals surface area contributed by atoms with Gasteiger partial charge in [-0.15, -0.1) is 0 Å². The van der Waals surface area contributed by atoms with Gasteiger partial charge in [0.25, 0.3) is 0 Å². The van der Waals surface area contributed by atoms with Crippen molar-refractivity contribution in [2.75, 3.05) is 6.61 Å². The van der Waals surface area contributed by atoms with Crippen LogP contribution in [0.3, 0.4) is 0 Å². The molecule has 0 aliphatic carbocycles. The lowest BCUT2D eigenvalue weighted by Gasteiger charge is -2.27. The molecule has 0 saturated carbocycles. The van der Waals surface area contributed by atoms with E-state index < -0.39 is 0 Å². The zero-order valence-electron chi connectivity index (χ0n) is 11.9. The summed E-state index contributed by atoms with van der Waals surface area (Å²) in [6, 6.07) is 6.30. The van der Waals surface area contributed by atoms with Gasteiger partial charge in [-0.25, -0.2) is 4.99 Å². The summed E-state index contributed by atoms with van der Waals surface area (Å²) in [6.45, 7) is 8.40. The fourth-order valence-electron chi connectivity index (χ4n) is 2.20. The van der Waals surface area contributed by atoms with Crippen LogP contribution in [0.1, 0.15) is 30.5 Å². The molecule has 1 aromatic carbocycles. The summed E-state index contributed by atoms with van der Waals surface area (Å²) in [6.07, 6.45) is 2.46. The molecule has 0 bridgehead atoms. The average Bonchev–Trinajstić information content (AvgIpc) is 2.39. The van der Waals surface area contributed by atoms with E-state index in [1.807, 2.05) is 12.1 Å². The predicted octanol–water partition coefficient (Wildman–Crippen LogP) is 2.28. The molecular formula is C15H20N4O. The Morgan fingerprint density at radius 3 is 3.10 bits per heavy atom. The van der Waals surface area contributed by atoms with Crippen molar-refractivity contribution in [3.63, 3.8) is 0 Å². The zero-order chi connectivity index (χ0) is 14.5. The van der Waals surface area contributed by atoms with E-state index in [9.17, 15) is 0 Å². The predicted molar refractivity (Wildman–Crippen MR) is 82.1 cm³/mol. The number of ether oxygens (including phenoxy) is 1. The molecule has 1 aliphatic rings. The summed E-state index contributed by atoms with van der Waals surface area (Å²) < 4.78 is 5.66. The molecule has 1 aliphatic heterocycles. The molecule has 0 amide bonds. The van der Waals surface area contributed by atoms with Gasteiger partial charge in [0.05, 0.1) is 12.6 Å². The molecule has 0 radical (unpaired) electrons. The first-order valence-electron chi connectivity index (χ1n) is 6.62. The molecule has 5 heteroatoms. The van der Waals surface area contributed by atoms with Crippen molar-refractivity contribution >= 4 is 12.2 Å². The lowest BCUT2D eigenvalue weighted by molar-refractivity contribution is 0.258. The Hall–Kier alpha value is -2.30. The van der Waals surface area contributed by atoms with Gasteiger partial charge in [0.15, 0.2) is 0 Å². The Labute approximate surface area is 119 Å². The lowest BCUT2D eigenvalue weighted by atomic mass is 9.98. The highest BCUT2D eigenvalue weighted by molar-refractivity contribution is 5.86. The third kappa shape index (κ3) is 3.38. The second-order valence-electron chi connectivity index (χ2n) is 4.68. The minimum atomic E-state index is 0.133. The molecule has 1 aromatic rings. The molecule has 3 N–H and O–H groups in total. The minimum absolute atomic E-state index is 0.133. The third-order valence-electron chi connectivity index (χ3n) is 3.06. The van der Waals surface area contributed by atoms with E-state index in [4.69, 9.17) is 10.5 Å². The van der Waals surface area contributed by atoms with Crippen LogP contribution in [0.2, 0.25) is 0 Å². The van der Waals surface area contributed by atoms with Gasteiger partial charge in [0, 0.05) is 18.2 Å². The molecule has 0 fully saturated rings. The van der Waals surface area contributed by atoms with Crippen molar-refractivity contribution in [1.29, 1.82) is 0 Å². The van der Waals surface area contributed by atoms with Crippen molar-refractivity contribution in [2.24, 2.45) is 15.7 Å². The van der Waals surface area contributed by atoms with E-state index in [0.29, 0.717) is 12.4 Å². The molecule has 20 heavy (non-hydrogen) atoms. The Bertz CT molecular complexity index is 563. The van der Waals surface area contributed by atoms with Gasteiger partial charge in [-0.3, -0.25) is 0 Å². The monoisotopic (exact) mass is 272 g/mol. The number of aryl methyl sites for hydroxylation is 1. The summed E-state index contributed by atoms with van der Waals surface area (Å²) in [4.78, 5) is 8.00. The standard InChI is InChI=1S/C15H20N4O/c1-4-17-15(16)19-11(3)18-13-7-8-20-14-6-5-10(2)9-12(13)14/h4-6,9,13,18H,3,7-8H2,1-2H3,(H2,16,19)/t13-/m1/s1. The van der Waals surface area contributed by atoms with E-state index in [0.717, 1.165) is 17.7 Å². The molecule has 5 nitrogen and oxygen atoms in total. The van der Waals surface area contributed by atoms with Crippen LogP contribution in [-0.4, -0.2) is 18.8 Å². The van der Waals surface area contributed by atoms with Gasteiger partial charge in [-0.1, -0.05) is 24.3 Å². The van der Waals surface area contributed by atoms with Gasteiger partial charge in [0.2, 0.25) is 5.96 Å². The van der Waals surface area contributed by atoms with Crippen LogP contribution in [0.25, 0.3) is 0 Å². The van der Waals surface area contributed by atoms with Crippen molar-refractivity contribution in [2.45, 2.75) is 26.3 Å². The number of nitrogens with zero attached hydrogens (tertiary/aromatic N) is 2. The number of nitrogens with two attached hydrogens (primary N) is 1. The minimum Gasteiger partial charge on any atom is -0.493 e. The van der Waals surface area contributed by atoms with Gasteiger partial charge in [-0.2, -0.15) is 4.99 Å². The summed E-state index contributed by atoms with van der Waals surface area (Å²) in [5.74, 6) is 1.62. The molecule has 0 aromatic heterocycles. The number of aliphatic imine (C=N–C) groups is 2. The van der Waals surface area contributed by atoms with Crippen LogP contribution in [0.5, 0.6) is 5.75 Å². The number of guanidine groups is 1. The lowest BCUT2D eigenvalue weighted by Crippen LogP contribution is -2.26. The van der Waals surface area contributed by atoms with Gasteiger partial charge in [0.1, 0.15) is 11.6 Å². The Morgan fingerprint density at radius 2 is 2.35 bits per heavy atom. The van der Waals surface area contributed by atoms with E-state index in [-0.39, 0.29) is 12.0 Å². The molecule has 106 valence electrons. The smallest absolute Gasteiger partial charge is 0.221 e. The highest BCUT2D eigenvalue weighted by Crippen LogP contribution is 2.33. The van der Waals surface area contributed by atoms with Crippen molar-refractivity contribution in [3.8, 4) is 5.75 Å². The first-order chi connectivity index (χ1) is 9.60. The van der Waals surface area contributed by atoms with E-state index >= 15 is 0 Å². The Morgan fingerprint density at radius 1 is 1.55 bits per heavy atom. The topological polar surface area (TPSA) is 72.0 Å². The molecular weight excluding hydrogens is 252 g/mol. The number of hydrogen-bond donors (Lipinski definition) is 2. The van der Waals surface area contributed by atoms with Crippen LogP contribution in [-0.2, 0) is 0 Å². The first kappa shape index (κ1) is 14.1. The summed E-state index contributed by atoms with van der Waals surface area (Å²) in [5, 5.41) is 3.28. The number of hydrogen-bond acceptors (Lipinski definition) is 3. The number of nitrogens with one attached hydrogen (secondary N) is 1. The second kappa shape index (κ2) is 6.23. The molecule has 0 unspecified atom stereocenters. The van der Waals surface area contributed by atoms with Gasteiger partial charge >= 0.3 is 0 Å². The van der Waals surface area contributed by atoms with Gasteiger partial charge < -0.3 is 15.8 Å². The zero-order valence-corrected chi connectivity index (χ0v) is 11.9. The average molecular weight is 272 g/mol. The van der Waals surface area contributed by atoms with Crippen LogP contribution in [0.15, 0.2) is 40.6 Å². The van der Waals surface area contributed by atoms with Crippen molar-refractivity contribution < 1.29 is 4.74 Å². The highest BCUT2D eigenvalue weighted by atomic mass is 16.5. The summed E-state index contributed by atoms with van der Waals surface area (Å²) >= 11 is 0. The van der Waals surface area contributed by atoms with Crippen LogP contribution in [0, 0.1) is 6.92 Å². The van der Waals surface area contributed by atoms with Crippen molar-refractivity contribution in [1.82, 2.24) is 5.32 Å². The second-order valence-corrected chi connectivity index (χ2v) is 4.68. The Kier molecular flexibility index (Phi) is 4.40. The van der Waals surface area contributed by atoms with Gasteiger partial charge in [-0.05, 0) is 19.9 Å². The SMILES string of the molecule is C=C(N=C(N)N=CC)N[C@@H]1CCOc2ccc(C)cc21. The quantitative estimate of drug-likeness (QED) is 0.655. The molecule has 0 saturated heterocycles. The van der Waals surface area contributed by atoms with E-state index in [1.165, 1.54) is 5.56 Å². The number of rotatable bonds is 3. The largest absolute Gasteiger partial charge is 0.493 e. The van der Waals surface area contributed by atoms with E-state index in [1.54, 1.807) is 13.1 Å². The maximum Gasteiger partial charge on any atom is 0.221 e. The summed E-state index contributed by atoms with van der Waals surface area (Å²) in [7, 11) is 0. The number of benzene rings is 1. The molecule has 1 atom stereocenters. The van der Waals surface area contributed by atoms with Crippen molar-refractivity contribution in [3.05, 3.63) is 41.7 Å². The molecule has 1 heterocycles. The van der Waals surface area contributed by atoms with Crippen LogP contribution >= 0.6 is 0 Å².